The summed E-state index contributed by atoms with van der Waals surface area (Å²) in [4.78, 5) is 4.37. The van der Waals surface area contributed by atoms with Crippen LogP contribution in [0.1, 0.15) is 17.1 Å². The topological polar surface area (TPSA) is 43.8 Å². The number of hydrogen-bond donors (Lipinski definition) is 1. The summed E-state index contributed by atoms with van der Waals surface area (Å²) < 4.78 is 3.21. The molecule has 0 aliphatic rings. The first-order chi connectivity index (χ1) is 7.69. The molecule has 1 aromatic heterocycles. The minimum atomic E-state index is 0.492. The molecule has 0 saturated heterocycles. The van der Waals surface area contributed by atoms with Gasteiger partial charge in [-0.25, -0.2) is 4.98 Å². The van der Waals surface area contributed by atoms with Gasteiger partial charge in [-0.05, 0) is 24.6 Å². The summed E-state index contributed by atoms with van der Waals surface area (Å²) in [5.74, 6) is 1.00. The molecule has 0 aliphatic heterocycles. The number of rotatable bonds is 3. The number of hydrogen-bond acceptors (Lipinski definition) is 2. The van der Waals surface area contributed by atoms with Gasteiger partial charge in [0.05, 0.1) is 5.69 Å². The zero-order chi connectivity index (χ0) is 11.5. The molecule has 0 atom stereocenters. The highest BCUT2D eigenvalue weighted by molar-refractivity contribution is 9.10. The Bertz CT molecular complexity index is 491. The second-order valence-electron chi connectivity index (χ2n) is 3.74. The minimum Gasteiger partial charge on any atom is -0.330 e. The van der Waals surface area contributed by atoms with Crippen LogP contribution in [0.4, 0.5) is 0 Å². The third-order valence-electron chi connectivity index (χ3n) is 2.48. The molecule has 0 fully saturated rings. The number of imidazole rings is 1. The van der Waals surface area contributed by atoms with Crippen molar-refractivity contribution in [3.8, 4) is 0 Å². The second-order valence-corrected chi connectivity index (χ2v) is 4.66. The number of aromatic nitrogens is 2. The summed E-state index contributed by atoms with van der Waals surface area (Å²) >= 11 is 3.47. The van der Waals surface area contributed by atoms with Gasteiger partial charge >= 0.3 is 0 Å². The van der Waals surface area contributed by atoms with E-state index in [2.05, 4.69) is 37.6 Å². The quantitative estimate of drug-likeness (QED) is 0.938. The predicted molar refractivity (Wildman–Crippen MR) is 68.1 cm³/mol. The molecule has 0 aliphatic carbocycles. The van der Waals surface area contributed by atoms with Gasteiger partial charge in [0, 0.05) is 23.8 Å². The van der Waals surface area contributed by atoms with Crippen molar-refractivity contribution in [3.63, 3.8) is 0 Å². The van der Waals surface area contributed by atoms with E-state index < -0.39 is 0 Å². The van der Waals surface area contributed by atoms with Crippen LogP contribution in [-0.2, 0) is 13.1 Å². The first-order valence-corrected chi connectivity index (χ1v) is 5.95. The van der Waals surface area contributed by atoms with Gasteiger partial charge < -0.3 is 10.3 Å². The van der Waals surface area contributed by atoms with E-state index in [9.17, 15) is 0 Å². The van der Waals surface area contributed by atoms with Crippen molar-refractivity contribution in [2.75, 3.05) is 0 Å². The maximum atomic E-state index is 5.57. The molecule has 2 aromatic rings. The normalized spacial score (nSPS) is 10.7. The van der Waals surface area contributed by atoms with Crippen LogP contribution in [0.3, 0.4) is 0 Å². The van der Waals surface area contributed by atoms with Gasteiger partial charge in [-0.1, -0.05) is 28.1 Å². The molecule has 84 valence electrons. The molecule has 0 unspecified atom stereocenters. The summed E-state index contributed by atoms with van der Waals surface area (Å²) in [6, 6.07) is 8.28. The average molecular weight is 280 g/mol. The molecular formula is C12H14BrN3. The molecule has 0 saturated carbocycles. The minimum absolute atomic E-state index is 0.492. The van der Waals surface area contributed by atoms with E-state index in [0.29, 0.717) is 6.54 Å². The Morgan fingerprint density at radius 3 is 2.88 bits per heavy atom. The van der Waals surface area contributed by atoms with E-state index in [-0.39, 0.29) is 0 Å². The van der Waals surface area contributed by atoms with Gasteiger partial charge in [0.2, 0.25) is 0 Å². The maximum absolute atomic E-state index is 5.57. The first-order valence-electron chi connectivity index (χ1n) is 5.16. The zero-order valence-corrected chi connectivity index (χ0v) is 10.7. The molecule has 1 heterocycles. The van der Waals surface area contributed by atoms with Crippen LogP contribution in [0, 0.1) is 6.92 Å². The third kappa shape index (κ3) is 2.51. The molecule has 0 radical (unpaired) electrons. The standard InChI is InChI=1S/C12H14BrN3/c1-9-15-12(6-14)8-16(9)7-10-3-2-4-11(13)5-10/h2-5,8H,6-7,14H2,1H3. The number of nitrogens with two attached hydrogens (primary N) is 1. The monoisotopic (exact) mass is 279 g/mol. The summed E-state index contributed by atoms with van der Waals surface area (Å²) in [6.45, 7) is 3.32. The van der Waals surface area contributed by atoms with Gasteiger partial charge in [-0.2, -0.15) is 0 Å². The first kappa shape index (κ1) is 11.4. The Morgan fingerprint density at radius 1 is 1.44 bits per heavy atom. The zero-order valence-electron chi connectivity index (χ0n) is 9.15. The van der Waals surface area contributed by atoms with Gasteiger partial charge in [0.15, 0.2) is 0 Å². The maximum Gasteiger partial charge on any atom is 0.106 e. The summed E-state index contributed by atoms with van der Waals surface area (Å²) in [6.07, 6.45) is 2.01. The Morgan fingerprint density at radius 2 is 2.25 bits per heavy atom. The molecule has 2 rings (SSSR count). The van der Waals surface area contributed by atoms with Crippen LogP contribution >= 0.6 is 15.9 Å². The van der Waals surface area contributed by atoms with E-state index >= 15 is 0 Å². The molecule has 3 nitrogen and oxygen atoms in total. The fourth-order valence-corrected chi connectivity index (χ4v) is 2.11. The van der Waals surface area contributed by atoms with Crippen molar-refractivity contribution < 1.29 is 0 Å². The van der Waals surface area contributed by atoms with E-state index in [1.165, 1.54) is 5.56 Å². The number of nitrogens with zero attached hydrogens (tertiary/aromatic N) is 2. The fourth-order valence-electron chi connectivity index (χ4n) is 1.66. The molecule has 2 N–H and O–H groups in total. The summed E-state index contributed by atoms with van der Waals surface area (Å²) in [7, 11) is 0. The highest BCUT2D eigenvalue weighted by atomic mass is 79.9. The van der Waals surface area contributed by atoms with Gasteiger partial charge in [0.25, 0.3) is 0 Å². The van der Waals surface area contributed by atoms with E-state index in [1.807, 2.05) is 25.3 Å². The van der Waals surface area contributed by atoms with Gasteiger partial charge in [-0.15, -0.1) is 0 Å². The molecule has 1 aromatic carbocycles. The van der Waals surface area contributed by atoms with Gasteiger partial charge in [0.1, 0.15) is 5.82 Å². The summed E-state index contributed by atoms with van der Waals surface area (Å²) in [5, 5.41) is 0. The van der Waals surface area contributed by atoms with Crippen LogP contribution in [0.25, 0.3) is 0 Å². The van der Waals surface area contributed by atoms with Crippen LogP contribution in [-0.4, -0.2) is 9.55 Å². The van der Waals surface area contributed by atoms with E-state index in [1.54, 1.807) is 0 Å². The van der Waals surface area contributed by atoms with Crippen molar-refractivity contribution >= 4 is 15.9 Å². The SMILES string of the molecule is Cc1nc(CN)cn1Cc1cccc(Br)c1. The molecule has 0 amide bonds. The highest BCUT2D eigenvalue weighted by Crippen LogP contribution is 2.13. The highest BCUT2D eigenvalue weighted by Gasteiger charge is 2.03. The molecule has 0 spiro atoms. The van der Waals surface area contributed by atoms with Gasteiger partial charge in [-0.3, -0.25) is 0 Å². The van der Waals surface area contributed by atoms with Crippen molar-refractivity contribution in [3.05, 3.63) is 52.0 Å². The summed E-state index contributed by atoms with van der Waals surface area (Å²) in [5.41, 5.74) is 7.75. The second kappa shape index (κ2) is 4.80. The van der Waals surface area contributed by atoms with Crippen LogP contribution in [0.2, 0.25) is 0 Å². The van der Waals surface area contributed by atoms with E-state index in [0.717, 1.165) is 22.5 Å². The van der Waals surface area contributed by atoms with E-state index in [4.69, 9.17) is 5.73 Å². The lowest BCUT2D eigenvalue weighted by Gasteiger charge is -2.05. The Kier molecular flexibility index (Phi) is 3.41. The predicted octanol–water partition coefficient (Wildman–Crippen LogP) is 2.46. The number of halogens is 1. The Hall–Kier alpha value is -1.13. The smallest absolute Gasteiger partial charge is 0.106 e. The largest absolute Gasteiger partial charge is 0.330 e. The van der Waals surface area contributed by atoms with Crippen molar-refractivity contribution in [2.45, 2.75) is 20.0 Å². The lowest BCUT2D eigenvalue weighted by Crippen LogP contribution is -2.00. The lowest BCUT2D eigenvalue weighted by molar-refractivity contribution is 0.761. The van der Waals surface area contributed by atoms with Crippen molar-refractivity contribution in [1.29, 1.82) is 0 Å². The van der Waals surface area contributed by atoms with Crippen LogP contribution < -0.4 is 5.73 Å². The third-order valence-corrected chi connectivity index (χ3v) is 2.97. The fraction of sp³-hybridized carbons (Fsp3) is 0.250. The Balaban J connectivity index is 2.23. The van der Waals surface area contributed by atoms with Crippen molar-refractivity contribution in [2.24, 2.45) is 5.73 Å². The van der Waals surface area contributed by atoms with Crippen molar-refractivity contribution in [1.82, 2.24) is 9.55 Å². The van der Waals surface area contributed by atoms with Crippen LogP contribution in [0.5, 0.6) is 0 Å². The number of benzene rings is 1. The molecule has 16 heavy (non-hydrogen) atoms. The lowest BCUT2D eigenvalue weighted by atomic mass is 10.2. The molecule has 4 heteroatoms. The van der Waals surface area contributed by atoms with Crippen LogP contribution in [0.15, 0.2) is 34.9 Å². The average Bonchev–Trinajstić information content (AvgIpc) is 2.60. The Labute approximate surface area is 103 Å². The number of aryl methyl sites for hydroxylation is 1. The molecular weight excluding hydrogens is 266 g/mol. The molecule has 0 bridgehead atoms.